The molecule has 2 aliphatic heterocycles. The summed E-state index contributed by atoms with van der Waals surface area (Å²) < 4.78 is 11.7. The maximum Gasteiger partial charge on any atom is 0.123 e. The number of morpholine rings is 1. The van der Waals surface area contributed by atoms with Crippen LogP contribution in [0.5, 0.6) is 5.75 Å². The van der Waals surface area contributed by atoms with E-state index in [9.17, 15) is 0 Å². The van der Waals surface area contributed by atoms with E-state index in [2.05, 4.69) is 34.9 Å². The molecule has 5 heteroatoms. The first-order chi connectivity index (χ1) is 10.9. The van der Waals surface area contributed by atoms with Gasteiger partial charge in [-0.1, -0.05) is 24.6 Å². The van der Waals surface area contributed by atoms with Crippen LogP contribution in [0.15, 0.2) is 24.3 Å². The van der Waals surface area contributed by atoms with Crippen molar-refractivity contribution in [2.75, 3.05) is 26.3 Å². The van der Waals surface area contributed by atoms with Crippen LogP contribution in [0.3, 0.4) is 0 Å². The average molecular weight is 339 g/mol. The second-order valence-electron chi connectivity index (χ2n) is 6.80. The SMILES string of the molecule is Cl.c1ccc2c(c1)CC(CNC1CCCC1C1COCCN1)O2. The van der Waals surface area contributed by atoms with Crippen LogP contribution in [-0.2, 0) is 11.2 Å². The second kappa shape index (κ2) is 7.84. The lowest BCUT2D eigenvalue weighted by Crippen LogP contribution is -2.51. The van der Waals surface area contributed by atoms with Crippen molar-refractivity contribution < 1.29 is 9.47 Å². The average Bonchev–Trinajstić information content (AvgIpc) is 3.20. The van der Waals surface area contributed by atoms with Gasteiger partial charge in [-0.25, -0.2) is 0 Å². The van der Waals surface area contributed by atoms with Crippen LogP contribution in [0.1, 0.15) is 24.8 Å². The van der Waals surface area contributed by atoms with E-state index < -0.39 is 0 Å². The van der Waals surface area contributed by atoms with Crippen LogP contribution in [0, 0.1) is 5.92 Å². The first-order valence-electron chi connectivity index (χ1n) is 8.69. The van der Waals surface area contributed by atoms with Gasteiger partial charge < -0.3 is 20.1 Å². The van der Waals surface area contributed by atoms with Gasteiger partial charge in [0.05, 0.1) is 13.2 Å². The molecule has 128 valence electrons. The lowest BCUT2D eigenvalue weighted by Gasteiger charge is -2.33. The van der Waals surface area contributed by atoms with Crippen molar-refractivity contribution in [1.29, 1.82) is 0 Å². The second-order valence-corrected chi connectivity index (χ2v) is 6.80. The van der Waals surface area contributed by atoms with Crippen molar-refractivity contribution in [2.24, 2.45) is 5.92 Å². The molecule has 0 bridgehead atoms. The zero-order valence-corrected chi connectivity index (χ0v) is 14.3. The molecule has 1 aromatic carbocycles. The van der Waals surface area contributed by atoms with E-state index in [-0.39, 0.29) is 18.5 Å². The molecule has 2 fully saturated rings. The number of ether oxygens (including phenoxy) is 2. The molecule has 2 N–H and O–H groups in total. The summed E-state index contributed by atoms with van der Waals surface area (Å²) in [6.07, 6.45) is 5.24. The maximum atomic E-state index is 6.04. The molecule has 0 aromatic heterocycles. The lowest BCUT2D eigenvalue weighted by molar-refractivity contribution is 0.0518. The third kappa shape index (κ3) is 3.82. The number of nitrogens with one attached hydrogen (secondary N) is 2. The molecule has 1 saturated carbocycles. The van der Waals surface area contributed by atoms with Gasteiger partial charge in [-0.2, -0.15) is 0 Å². The van der Waals surface area contributed by atoms with Crippen molar-refractivity contribution in [3.8, 4) is 5.75 Å². The number of hydrogen-bond acceptors (Lipinski definition) is 4. The Kier molecular flexibility index (Phi) is 5.81. The van der Waals surface area contributed by atoms with Gasteiger partial charge in [0.15, 0.2) is 0 Å². The van der Waals surface area contributed by atoms with Crippen molar-refractivity contribution >= 4 is 12.4 Å². The van der Waals surface area contributed by atoms with Gasteiger partial charge in [-0.05, 0) is 30.4 Å². The number of halogens is 1. The van der Waals surface area contributed by atoms with Crippen LogP contribution in [0.4, 0.5) is 0 Å². The Bertz CT molecular complexity index is 483. The first kappa shape index (κ1) is 17.0. The fourth-order valence-corrected chi connectivity index (χ4v) is 4.24. The quantitative estimate of drug-likeness (QED) is 0.883. The number of benzene rings is 1. The van der Waals surface area contributed by atoms with Gasteiger partial charge in [0.25, 0.3) is 0 Å². The zero-order chi connectivity index (χ0) is 14.8. The number of para-hydroxylation sites is 1. The first-order valence-corrected chi connectivity index (χ1v) is 8.69. The van der Waals surface area contributed by atoms with E-state index in [0.29, 0.717) is 18.0 Å². The van der Waals surface area contributed by atoms with Gasteiger partial charge in [0, 0.05) is 31.6 Å². The Morgan fingerprint density at radius 2 is 2.13 bits per heavy atom. The fraction of sp³-hybridized carbons (Fsp3) is 0.667. The molecule has 2 heterocycles. The standard InChI is InChI=1S/C18H26N2O2.ClH/c1-2-7-18-13(4-1)10-14(22-18)11-20-16-6-3-5-15(16)17-12-21-9-8-19-17;/h1-2,4,7,14-17,19-20H,3,5-6,8-12H2;1H. The van der Waals surface area contributed by atoms with Gasteiger partial charge in [0.2, 0.25) is 0 Å². The largest absolute Gasteiger partial charge is 0.488 e. The van der Waals surface area contributed by atoms with E-state index >= 15 is 0 Å². The topological polar surface area (TPSA) is 42.5 Å². The summed E-state index contributed by atoms with van der Waals surface area (Å²) in [5, 5.41) is 7.42. The van der Waals surface area contributed by atoms with E-state index in [4.69, 9.17) is 9.47 Å². The molecule has 4 rings (SSSR count). The normalized spacial score (nSPS) is 32.9. The van der Waals surface area contributed by atoms with Gasteiger partial charge >= 0.3 is 0 Å². The van der Waals surface area contributed by atoms with Crippen molar-refractivity contribution in [3.05, 3.63) is 29.8 Å². The molecule has 3 aliphatic rings. The summed E-state index contributed by atoms with van der Waals surface area (Å²) in [4.78, 5) is 0. The van der Waals surface area contributed by atoms with Crippen LogP contribution in [0.2, 0.25) is 0 Å². The molecular formula is C18H27ClN2O2. The highest BCUT2D eigenvalue weighted by atomic mass is 35.5. The minimum Gasteiger partial charge on any atom is -0.488 e. The van der Waals surface area contributed by atoms with Gasteiger partial charge in [0.1, 0.15) is 11.9 Å². The Morgan fingerprint density at radius 3 is 2.96 bits per heavy atom. The number of hydrogen-bond donors (Lipinski definition) is 2. The molecule has 4 nitrogen and oxygen atoms in total. The highest BCUT2D eigenvalue weighted by molar-refractivity contribution is 5.85. The molecule has 0 amide bonds. The van der Waals surface area contributed by atoms with Crippen molar-refractivity contribution in [2.45, 2.75) is 43.9 Å². The number of fused-ring (bicyclic) bond motifs is 1. The fourth-order valence-electron chi connectivity index (χ4n) is 4.24. The Hall–Kier alpha value is -0.810. The van der Waals surface area contributed by atoms with Crippen LogP contribution < -0.4 is 15.4 Å². The molecule has 1 aliphatic carbocycles. The predicted octanol–water partition coefficient (Wildman–Crippen LogP) is 2.16. The summed E-state index contributed by atoms with van der Waals surface area (Å²) >= 11 is 0. The molecule has 23 heavy (non-hydrogen) atoms. The predicted molar refractivity (Wildman–Crippen MR) is 93.6 cm³/mol. The monoisotopic (exact) mass is 338 g/mol. The maximum absolute atomic E-state index is 6.04. The molecule has 1 aromatic rings. The molecule has 0 radical (unpaired) electrons. The van der Waals surface area contributed by atoms with Crippen molar-refractivity contribution in [1.82, 2.24) is 10.6 Å². The van der Waals surface area contributed by atoms with Gasteiger partial charge in [-0.3, -0.25) is 0 Å². The summed E-state index contributed by atoms with van der Waals surface area (Å²) in [6, 6.07) is 9.53. The minimum absolute atomic E-state index is 0. The lowest BCUT2D eigenvalue weighted by atomic mass is 9.94. The molecular weight excluding hydrogens is 312 g/mol. The summed E-state index contributed by atoms with van der Waals surface area (Å²) in [5.74, 6) is 1.77. The van der Waals surface area contributed by atoms with Crippen LogP contribution in [-0.4, -0.2) is 44.5 Å². The van der Waals surface area contributed by atoms with E-state index in [1.54, 1.807) is 0 Å². The highest BCUT2D eigenvalue weighted by Crippen LogP contribution is 2.31. The number of rotatable bonds is 4. The third-order valence-corrected chi connectivity index (χ3v) is 5.36. The summed E-state index contributed by atoms with van der Waals surface area (Å²) in [5.41, 5.74) is 1.35. The molecule has 4 unspecified atom stereocenters. The molecule has 0 spiro atoms. The molecule has 4 atom stereocenters. The van der Waals surface area contributed by atoms with E-state index in [1.165, 1.54) is 24.8 Å². The van der Waals surface area contributed by atoms with E-state index in [1.807, 2.05) is 0 Å². The van der Waals surface area contributed by atoms with Crippen LogP contribution in [0.25, 0.3) is 0 Å². The van der Waals surface area contributed by atoms with Crippen LogP contribution >= 0.6 is 12.4 Å². The third-order valence-electron chi connectivity index (χ3n) is 5.36. The van der Waals surface area contributed by atoms with Gasteiger partial charge in [-0.15, -0.1) is 12.4 Å². The Labute approximate surface area is 144 Å². The zero-order valence-electron chi connectivity index (χ0n) is 13.5. The van der Waals surface area contributed by atoms with E-state index in [0.717, 1.165) is 38.5 Å². The van der Waals surface area contributed by atoms with Crippen molar-refractivity contribution in [3.63, 3.8) is 0 Å². The highest BCUT2D eigenvalue weighted by Gasteiger charge is 2.35. The Balaban J connectivity index is 0.00000156. The Morgan fingerprint density at radius 1 is 1.22 bits per heavy atom. The minimum atomic E-state index is 0. The summed E-state index contributed by atoms with van der Waals surface area (Å²) in [6.45, 7) is 3.67. The summed E-state index contributed by atoms with van der Waals surface area (Å²) in [7, 11) is 0. The molecule has 1 saturated heterocycles. The smallest absolute Gasteiger partial charge is 0.123 e.